The Kier molecular flexibility index (Phi) is 4.47. The summed E-state index contributed by atoms with van der Waals surface area (Å²) in [5.74, 6) is 0.883. The van der Waals surface area contributed by atoms with Gasteiger partial charge in [0.25, 0.3) is 0 Å². The fourth-order valence-electron chi connectivity index (χ4n) is 1.35. The number of aliphatic hydroxyl groups excluding tert-OH is 1. The highest BCUT2D eigenvalue weighted by molar-refractivity contribution is 5.28. The van der Waals surface area contributed by atoms with Crippen molar-refractivity contribution in [2.45, 2.75) is 32.8 Å². The summed E-state index contributed by atoms with van der Waals surface area (Å²) in [6.45, 7) is 4.63. The number of aliphatic hydroxyl groups is 1. The molecule has 78 valence electrons. The summed E-state index contributed by atoms with van der Waals surface area (Å²) in [5.41, 5.74) is 1.13. The largest absolute Gasteiger partial charge is 0.494 e. The van der Waals surface area contributed by atoms with E-state index in [1.54, 1.807) is 0 Å². The first-order chi connectivity index (χ1) is 6.76. The third-order valence-corrected chi connectivity index (χ3v) is 2.15. The molecule has 1 N–H and O–H groups in total. The lowest BCUT2D eigenvalue weighted by Gasteiger charge is -2.09. The van der Waals surface area contributed by atoms with Crippen LogP contribution in [0.5, 0.6) is 5.75 Å². The number of hydrogen-bond acceptors (Lipinski definition) is 2. The molecule has 2 heteroatoms. The molecule has 0 fully saturated rings. The van der Waals surface area contributed by atoms with Crippen molar-refractivity contribution >= 4 is 0 Å². The summed E-state index contributed by atoms with van der Waals surface area (Å²) < 4.78 is 5.38. The van der Waals surface area contributed by atoms with Gasteiger partial charge in [0, 0.05) is 0 Å². The summed E-state index contributed by atoms with van der Waals surface area (Å²) in [6.07, 6.45) is 1.25. The van der Waals surface area contributed by atoms with Crippen molar-refractivity contribution in [3.63, 3.8) is 0 Å². The van der Waals surface area contributed by atoms with Crippen LogP contribution >= 0.6 is 0 Å². The van der Waals surface area contributed by atoms with Crippen molar-refractivity contribution in [1.82, 2.24) is 0 Å². The molecule has 2 nitrogen and oxygen atoms in total. The van der Waals surface area contributed by atoms with Crippen LogP contribution in [-0.4, -0.2) is 17.8 Å². The molecular weight excluding hydrogens is 176 g/mol. The van der Waals surface area contributed by atoms with Crippen molar-refractivity contribution in [1.29, 1.82) is 0 Å². The zero-order valence-electron chi connectivity index (χ0n) is 8.86. The van der Waals surface area contributed by atoms with Crippen LogP contribution in [0.1, 0.15) is 25.8 Å². The minimum Gasteiger partial charge on any atom is -0.494 e. The molecule has 0 heterocycles. The molecule has 0 aliphatic carbocycles. The standard InChI is InChI=1S/C12H18O2/c1-3-11(13)8-10-6-5-7-12(9-10)14-4-2/h5-7,9,11,13H,3-4,8H2,1-2H3/t11-/m1/s1. The van der Waals surface area contributed by atoms with Gasteiger partial charge in [-0.1, -0.05) is 19.1 Å². The lowest BCUT2D eigenvalue weighted by Crippen LogP contribution is -2.08. The van der Waals surface area contributed by atoms with Crippen LogP contribution < -0.4 is 4.74 Å². The summed E-state index contributed by atoms with van der Waals surface area (Å²) in [5, 5.41) is 9.49. The van der Waals surface area contributed by atoms with E-state index in [2.05, 4.69) is 0 Å². The van der Waals surface area contributed by atoms with Crippen LogP contribution in [0, 0.1) is 0 Å². The quantitative estimate of drug-likeness (QED) is 0.780. The van der Waals surface area contributed by atoms with Gasteiger partial charge >= 0.3 is 0 Å². The van der Waals surface area contributed by atoms with Crippen molar-refractivity contribution in [2.75, 3.05) is 6.61 Å². The van der Waals surface area contributed by atoms with E-state index in [0.29, 0.717) is 13.0 Å². The Bertz CT molecular complexity index is 271. The van der Waals surface area contributed by atoms with Crippen LogP contribution in [0.15, 0.2) is 24.3 Å². The zero-order valence-corrected chi connectivity index (χ0v) is 8.86. The minimum atomic E-state index is -0.244. The van der Waals surface area contributed by atoms with Gasteiger partial charge in [-0.3, -0.25) is 0 Å². The Hall–Kier alpha value is -1.02. The van der Waals surface area contributed by atoms with Gasteiger partial charge in [0.15, 0.2) is 0 Å². The van der Waals surface area contributed by atoms with Gasteiger partial charge in [0.1, 0.15) is 5.75 Å². The van der Waals surface area contributed by atoms with Crippen LogP contribution in [-0.2, 0) is 6.42 Å². The van der Waals surface area contributed by atoms with Crippen LogP contribution in [0.2, 0.25) is 0 Å². The number of rotatable bonds is 5. The average molecular weight is 194 g/mol. The predicted octanol–water partition coefficient (Wildman–Crippen LogP) is 2.40. The maximum absolute atomic E-state index is 9.49. The van der Waals surface area contributed by atoms with Gasteiger partial charge in [-0.15, -0.1) is 0 Å². The third kappa shape index (κ3) is 3.38. The molecule has 0 saturated heterocycles. The molecule has 0 aromatic heterocycles. The van der Waals surface area contributed by atoms with E-state index in [4.69, 9.17) is 4.74 Å². The van der Waals surface area contributed by atoms with Crippen molar-refractivity contribution in [3.05, 3.63) is 29.8 Å². The minimum absolute atomic E-state index is 0.244. The molecule has 0 amide bonds. The van der Waals surface area contributed by atoms with Gasteiger partial charge in [0.2, 0.25) is 0 Å². The maximum atomic E-state index is 9.49. The SMILES string of the molecule is CCOc1cccc(C[C@H](O)CC)c1. The molecule has 0 radical (unpaired) electrons. The van der Waals surface area contributed by atoms with Gasteiger partial charge in [-0.25, -0.2) is 0 Å². The second kappa shape index (κ2) is 5.66. The highest BCUT2D eigenvalue weighted by Gasteiger charge is 2.03. The molecule has 1 atom stereocenters. The van der Waals surface area contributed by atoms with Crippen molar-refractivity contribution in [3.8, 4) is 5.75 Å². The lowest BCUT2D eigenvalue weighted by molar-refractivity contribution is 0.170. The first kappa shape index (κ1) is 11.1. The van der Waals surface area contributed by atoms with E-state index in [-0.39, 0.29) is 6.10 Å². The second-order valence-electron chi connectivity index (χ2n) is 3.35. The molecule has 0 aliphatic rings. The molecule has 14 heavy (non-hydrogen) atoms. The van der Waals surface area contributed by atoms with Gasteiger partial charge in [-0.2, -0.15) is 0 Å². The van der Waals surface area contributed by atoms with Gasteiger partial charge < -0.3 is 9.84 Å². The monoisotopic (exact) mass is 194 g/mol. The van der Waals surface area contributed by atoms with Gasteiger partial charge in [0.05, 0.1) is 12.7 Å². The average Bonchev–Trinajstić information content (AvgIpc) is 2.19. The number of ether oxygens (including phenoxy) is 1. The topological polar surface area (TPSA) is 29.5 Å². The van der Waals surface area contributed by atoms with Crippen molar-refractivity contribution < 1.29 is 9.84 Å². The molecule has 0 unspecified atom stereocenters. The Balaban J connectivity index is 2.63. The fraction of sp³-hybridized carbons (Fsp3) is 0.500. The normalized spacial score (nSPS) is 12.5. The van der Waals surface area contributed by atoms with E-state index < -0.39 is 0 Å². The Morgan fingerprint density at radius 3 is 2.79 bits per heavy atom. The molecular formula is C12H18O2. The van der Waals surface area contributed by atoms with Crippen LogP contribution in [0.25, 0.3) is 0 Å². The summed E-state index contributed by atoms with van der Waals surface area (Å²) in [4.78, 5) is 0. The van der Waals surface area contributed by atoms with E-state index in [1.165, 1.54) is 0 Å². The molecule has 1 aromatic carbocycles. The predicted molar refractivity (Wildman–Crippen MR) is 57.6 cm³/mol. The highest BCUT2D eigenvalue weighted by Crippen LogP contribution is 2.15. The molecule has 0 bridgehead atoms. The van der Waals surface area contributed by atoms with E-state index in [9.17, 15) is 5.11 Å². The Morgan fingerprint density at radius 2 is 2.14 bits per heavy atom. The first-order valence-corrected chi connectivity index (χ1v) is 5.16. The highest BCUT2D eigenvalue weighted by atomic mass is 16.5. The Labute approximate surface area is 85.5 Å². The van der Waals surface area contributed by atoms with Crippen LogP contribution in [0.4, 0.5) is 0 Å². The van der Waals surface area contributed by atoms with Crippen molar-refractivity contribution in [2.24, 2.45) is 0 Å². The smallest absolute Gasteiger partial charge is 0.119 e. The zero-order chi connectivity index (χ0) is 10.4. The van der Waals surface area contributed by atoms with Gasteiger partial charge in [-0.05, 0) is 37.5 Å². The summed E-state index contributed by atoms with van der Waals surface area (Å²) >= 11 is 0. The van der Waals surface area contributed by atoms with E-state index in [0.717, 1.165) is 17.7 Å². The molecule has 0 spiro atoms. The maximum Gasteiger partial charge on any atom is 0.119 e. The fourth-order valence-corrected chi connectivity index (χ4v) is 1.35. The summed E-state index contributed by atoms with van der Waals surface area (Å²) in [6, 6.07) is 7.90. The Morgan fingerprint density at radius 1 is 1.36 bits per heavy atom. The van der Waals surface area contributed by atoms with E-state index >= 15 is 0 Å². The van der Waals surface area contributed by atoms with Crippen LogP contribution in [0.3, 0.4) is 0 Å². The number of hydrogen-bond donors (Lipinski definition) is 1. The lowest BCUT2D eigenvalue weighted by atomic mass is 10.1. The first-order valence-electron chi connectivity index (χ1n) is 5.16. The van der Waals surface area contributed by atoms with E-state index in [1.807, 2.05) is 38.1 Å². The molecule has 1 rings (SSSR count). The molecule has 1 aromatic rings. The summed E-state index contributed by atoms with van der Waals surface area (Å²) in [7, 11) is 0. The second-order valence-corrected chi connectivity index (χ2v) is 3.35. The molecule has 0 aliphatic heterocycles. The third-order valence-electron chi connectivity index (χ3n) is 2.15. The molecule has 0 saturated carbocycles. The number of benzene rings is 1.